The van der Waals surface area contributed by atoms with Gasteiger partial charge in [0.05, 0.1) is 6.61 Å². The van der Waals surface area contributed by atoms with Crippen LogP contribution in [0.25, 0.3) is 0 Å². The van der Waals surface area contributed by atoms with E-state index < -0.39 is 6.04 Å². The first kappa shape index (κ1) is 22.6. The van der Waals surface area contributed by atoms with Gasteiger partial charge in [-0.15, -0.1) is 0 Å². The zero-order valence-corrected chi connectivity index (χ0v) is 19.7. The van der Waals surface area contributed by atoms with Crippen LogP contribution in [0.5, 0.6) is 0 Å². The van der Waals surface area contributed by atoms with E-state index >= 15 is 0 Å². The quantitative estimate of drug-likeness (QED) is 0.290. The predicted molar refractivity (Wildman–Crippen MR) is 129 cm³/mol. The van der Waals surface area contributed by atoms with Gasteiger partial charge in [0.2, 0.25) is 0 Å². The fraction of sp³-hybridized carbons (Fsp3) is 0.304. The van der Waals surface area contributed by atoms with Gasteiger partial charge in [0.25, 0.3) is 5.91 Å². The maximum absolute atomic E-state index is 13.0. The van der Waals surface area contributed by atoms with E-state index in [2.05, 4.69) is 27.9 Å². The molecule has 1 aliphatic rings. The summed E-state index contributed by atoms with van der Waals surface area (Å²) in [4.78, 5) is 27.3. The number of benzene rings is 2. The van der Waals surface area contributed by atoms with Crippen LogP contribution >= 0.6 is 34.2 Å². The van der Waals surface area contributed by atoms with Gasteiger partial charge in [-0.25, -0.2) is 4.79 Å². The van der Waals surface area contributed by atoms with E-state index in [-0.39, 0.29) is 11.9 Å². The number of esters is 1. The average molecular weight is 539 g/mol. The number of rotatable bonds is 7. The van der Waals surface area contributed by atoms with E-state index in [9.17, 15) is 9.59 Å². The van der Waals surface area contributed by atoms with Crippen LogP contribution in [0.1, 0.15) is 26.2 Å². The van der Waals surface area contributed by atoms with Gasteiger partial charge >= 0.3 is 5.97 Å². The molecule has 1 N–H and O–H groups in total. The highest BCUT2D eigenvalue weighted by molar-refractivity contribution is 14.1. The van der Waals surface area contributed by atoms with E-state index in [0.717, 1.165) is 26.9 Å². The Morgan fingerprint density at radius 3 is 2.80 bits per heavy atom. The molecule has 0 bridgehead atoms. The van der Waals surface area contributed by atoms with Crippen molar-refractivity contribution in [2.75, 3.05) is 23.4 Å². The SMILES string of the molecule is CCOC(=O)C(CC=C1CCCN(c2ccccc2)C1=O)Nc1cc(Cl)ccc1I. The zero-order valence-electron chi connectivity index (χ0n) is 16.7. The van der Waals surface area contributed by atoms with Gasteiger partial charge in [-0.3, -0.25) is 4.79 Å². The highest BCUT2D eigenvalue weighted by atomic mass is 127. The molecule has 0 saturated carbocycles. The fourth-order valence-corrected chi connectivity index (χ4v) is 4.03. The molecule has 0 aromatic heterocycles. The monoisotopic (exact) mass is 538 g/mol. The standard InChI is InChI=1S/C23H24ClIN2O3/c1-2-30-23(29)20(26-21-15-17(24)11-12-19(21)25)13-10-16-7-6-14-27(22(16)28)18-8-4-3-5-9-18/h3-5,8-12,15,20,26H,2,6-7,13-14H2,1H3. The Labute approximate surface area is 195 Å². The lowest BCUT2D eigenvalue weighted by atomic mass is 10.00. The number of hydrogen-bond acceptors (Lipinski definition) is 4. The number of nitrogens with one attached hydrogen (secondary N) is 1. The molecule has 2 aromatic carbocycles. The van der Waals surface area contributed by atoms with Crippen molar-refractivity contribution in [1.82, 2.24) is 0 Å². The van der Waals surface area contributed by atoms with Crippen molar-refractivity contribution < 1.29 is 14.3 Å². The topological polar surface area (TPSA) is 58.6 Å². The summed E-state index contributed by atoms with van der Waals surface area (Å²) in [5, 5.41) is 3.82. The zero-order chi connectivity index (χ0) is 21.5. The molecule has 1 aliphatic heterocycles. The van der Waals surface area contributed by atoms with Gasteiger partial charge in [0.1, 0.15) is 6.04 Å². The number of amides is 1. The molecular weight excluding hydrogens is 515 g/mol. The number of hydrogen-bond donors (Lipinski definition) is 1. The van der Waals surface area contributed by atoms with Crippen molar-refractivity contribution in [3.05, 3.63) is 68.8 Å². The minimum atomic E-state index is -0.607. The molecule has 1 heterocycles. The maximum Gasteiger partial charge on any atom is 0.328 e. The van der Waals surface area contributed by atoms with Crippen LogP contribution in [-0.2, 0) is 14.3 Å². The largest absolute Gasteiger partial charge is 0.464 e. The number of carbonyl (C=O) groups is 2. The molecule has 0 spiro atoms. The van der Waals surface area contributed by atoms with Crippen LogP contribution in [0.3, 0.4) is 0 Å². The van der Waals surface area contributed by atoms with Crippen molar-refractivity contribution in [2.45, 2.75) is 32.2 Å². The molecule has 5 nitrogen and oxygen atoms in total. The maximum atomic E-state index is 13.0. The number of nitrogens with zero attached hydrogens (tertiary/aromatic N) is 1. The van der Waals surface area contributed by atoms with E-state index in [4.69, 9.17) is 16.3 Å². The third-order valence-electron chi connectivity index (χ3n) is 4.84. The molecule has 1 unspecified atom stereocenters. The molecule has 1 atom stereocenters. The molecule has 1 saturated heterocycles. The normalized spacial score (nSPS) is 16.4. The molecule has 1 amide bonds. The summed E-state index contributed by atoms with van der Waals surface area (Å²) in [6.07, 6.45) is 3.80. The molecule has 2 aromatic rings. The predicted octanol–water partition coefficient (Wildman–Crippen LogP) is 5.43. The van der Waals surface area contributed by atoms with E-state index in [1.54, 1.807) is 24.0 Å². The molecule has 0 aliphatic carbocycles. The molecule has 30 heavy (non-hydrogen) atoms. The van der Waals surface area contributed by atoms with Crippen LogP contribution in [-0.4, -0.2) is 31.1 Å². The first-order chi connectivity index (χ1) is 14.5. The van der Waals surface area contributed by atoms with Crippen LogP contribution < -0.4 is 10.2 Å². The summed E-state index contributed by atoms with van der Waals surface area (Å²) in [5.74, 6) is -0.360. The first-order valence-corrected chi connectivity index (χ1v) is 11.4. The summed E-state index contributed by atoms with van der Waals surface area (Å²) in [7, 11) is 0. The third-order valence-corrected chi connectivity index (χ3v) is 6.02. The summed E-state index contributed by atoms with van der Waals surface area (Å²) in [5.41, 5.74) is 2.38. The molecular formula is C23H24ClIN2O3. The van der Waals surface area contributed by atoms with E-state index in [0.29, 0.717) is 31.0 Å². The van der Waals surface area contributed by atoms with Gasteiger partial charge in [0, 0.05) is 32.1 Å². The summed E-state index contributed by atoms with van der Waals surface area (Å²) in [6.45, 7) is 2.76. The molecule has 0 radical (unpaired) electrons. The van der Waals surface area contributed by atoms with Gasteiger partial charge in [0.15, 0.2) is 0 Å². The lowest BCUT2D eigenvalue weighted by Crippen LogP contribution is -2.37. The Bertz CT molecular complexity index is 933. The number of anilines is 2. The summed E-state index contributed by atoms with van der Waals surface area (Å²) in [6, 6.07) is 14.5. The number of para-hydroxylation sites is 1. The Morgan fingerprint density at radius 2 is 2.07 bits per heavy atom. The summed E-state index contributed by atoms with van der Waals surface area (Å²) < 4.78 is 6.19. The molecule has 7 heteroatoms. The number of ether oxygens (including phenoxy) is 1. The second-order valence-electron chi connectivity index (χ2n) is 6.93. The number of halogens is 2. The van der Waals surface area contributed by atoms with Crippen molar-refractivity contribution in [1.29, 1.82) is 0 Å². The van der Waals surface area contributed by atoms with Crippen molar-refractivity contribution in [3.63, 3.8) is 0 Å². The first-order valence-electron chi connectivity index (χ1n) is 9.93. The van der Waals surface area contributed by atoms with Gasteiger partial charge in [-0.05, 0) is 79.1 Å². The minimum absolute atomic E-state index is 0.00704. The van der Waals surface area contributed by atoms with Crippen molar-refractivity contribution in [3.8, 4) is 0 Å². The second-order valence-corrected chi connectivity index (χ2v) is 8.53. The van der Waals surface area contributed by atoms with Crippen LogP contribution in [0.2, 0.25) is 5.02 Å². The molecule has 158 valence electrons. The highest BCUT2D eigenvalue weighted by Crippen LogP contribution is 2.26. The van der Waals surface area contributed by atoms with Crippen LogP contribution in [0.4, 0.5) is 11.4 Å². The Balaban J connectivity index is 1.78. The van der Waals surface area contributed by atoms with Crippen molar-refractivity contribution in [2.24, 2.45) is 0 Å². The minimum Gasteiger partial charge on any atom is -0.464 e. The third kappa shape index (κ3) is 5.76. The summed E-state index contributed by atoms with van der Waals surface area (Å²) >= 11 is 8.30. The smallest absolute Gasteiger partial charge is 0.328 e. The van der Waals surface area contributed by atoms with Crippen molar-refractivity contribution >= 4 is 57.4 Å². The number of carbonyl (C=O) groups excluding carboxylic acids is 2. The Hall–Kier alpha value is -2.06. The van der Waals surface area contributed by atoms with Gasteiger partial charge in [-0.1, -0.05) is 35.9 Å². The van der Waals surface area contributed by atoms with Crippen LogP contribution in [0, 0.1) is 3.57 Å². The van der Waals surface area contributed by atoms with Gasteiger partial charge < -0.3 is 15.0 Å². The van der Waals surface area contributed by atoms with E-state index in [1.165, 1.54) is 0 Å². The Morgan fingerprint density at radius 1 is 1.30 bits per heavy atom. The van der Waals surface area contributed by atoms with Gasteiger partial charge in [-0.2, -0.15) is 0 Å². The van der Waals surface area contributed by atoms with E-state index in [1.807, 2.05) is 42.5 Å². The fourth-order valence-electron chi connectivity index (χ4n) is 3.37. The second kappa shape index (κ2) is 10.8. The van der Waals surface area contributed by atoms with Crippen LogP contribution in [0.15, 0.2) is 60.2 Å². The molecule has 3 rings (SSSR count). The Kier molecular flexibility index (Phi) is 8.16. The highest BCUT2D eigenvalue weighted by Gasteiger charge is 2.26. The molecule has 1 fully saturated rings. The lowest BCUT2D eigenvalue weighted by Gasteiger charge is -2.29. The number of piperidine rings is 1. The average Bonchev–Trinajstić information content (AvgIpc) is 2.75. The lowest BCUT2D eigenvalue weighted by molar-refractivity contribution is -0.144.